The quantitative estimate of drug-likeness (QED) is 0.521. The van der Waals surface area contributed by atoms with Crippen molar-refractivity contribution in [1.29, 1.82) is 0 Å². The number of ether oxygens (including phenoxy) is 1. The molecule has 2 heteroatoms. The molecule has 0 spiro atoms. The third kappa shape index (κ3) is 1.72. The maximum atomic E-state index is 10.5. The summed E-state index contributed by atoms with van der Waals surface area (Å²) in [5, 5.41) is 0. The van der Waals surface area contributed by atoms with Crippen LogP contribution in [-0.4, -0.2) is 12.1 Å². The topological polar surface area (TPSA) is 26.3 Å². The lowest BCUT2D eigenvalue weighted by molar-refractivity contribution is -0.147. The van der Waals surface area contributed by atoms with Crippen LogP contribution in [0.5, 0.6) is 0 Å². The third-order valence-corrected chi connectivity index (χ3v) is 2.10. The molecule has 0 aromatic rings. The van der Waals surface area contributed by atoms with Gasteiger partial charge in [-0.15, -0.1) is 0 Å². The Labute approximate surface area is 61.6 Å². The Morgan fingerprint density at radius 3 is 2.60 bits per heavy atom. The zero-order valence-electron chi connectivity index (χ0n) is 6.59. The van der Waals surface area contributed by atoms with E-state index >= 15 is 0 Å². The molecule has 0 unspecified atom stereocenters. The molecule has 10 heavy (non-hydrogen) atoms. The van der Waals surface area contributed by atoms with E-state index in [9.17, 15) is 4.79 Å². The van der Waals surface area contributed by atoms with Crippen LogP contribution in [0, 0.1) is 5.92 Å². The summed E-state index contributed by atoms with van der Waals surface area (Å²) in [6.45, 7) is 3.62. The molecule has 1 fully saturated rings. The number of hydrogen-bond acceptors (Lipinski definition) is 2. The highest BCUT2D eigenvalue weighted by molar-refractivity contribution is 5.66. The van der Waals surface area contributed by atoms with Crippen LogP contribution < -0.4 is 0 Å². The molecule has 0 aromatic heterocycles. The molecule has 0 N–H and O–H groups in total. The average Bonchev–Trinajstić information content (AvgIpc) is 2.15. The molecule has 0 aromatic carbocycles. The van der Waals surface area contributed by atoms with E-state index in [0.29, 0.717) is 5.92 Å². The first-order valence-corrected chi connectivity index (χ1v) is 3.87. The fraction of sp³-hybridized carbons (Fsp3) is 0.875. The van der Waals surface area contributed by atoms with E-state index in [-0.39, 0.29) is 12.1 Å². The van der Waals surface area contributed by atoms with E-state index in [4.69, 9.17) is 4.74 Å². The van der Waals surface area contributed by atoms with Crippen molar-refractivity contribution in [1.82, 2.24) is 0 Å². The highest BCUT2D eigenvalue weighted by Crippen LogP contribution is 2.27. The highest BCUT2D eigenvalue weighted by Gasteiger charge is 2.25. The average molecular weight is 142 g/mol. The molecule has 1 saturated carbocycles. The fourth-order valence-electron chi connectivity index (χ4n) is 1.50. The third-order valence-electron chi connectivity index (χ3n) is 2.10. The number of carbonyl (C=O) groups is 1. The van der Waals surface area contributed by atoms with E-state index in [1.807, 2.05) is 0 Å². The molecule has 0 amide bonds. The molecule has 0 heterocycles. The van der Waals surface area contributed by atoms with Crippen LogP contribution in [0.4, 0.5) is 0 Å². The molecule has 58 valence electrons. The lowest BCUT2D eigenvalue weighted by Crippen LogP contribution is -2.18. The van der Waals surface area contributed by atoms with Gasteiger partial charge in [-0.3, -0.25) is 4.79 Å². The second-order valence-electron chi connectivity index (χ2n) is 3.06. The summed E-state index contributed by atoms with van der Waals surface area (Å²) in [6.07, 6.45) is 3.68. The minimum atomic E-state index is -0.140. The van der Waals surface area contributed by atoms with Crippen molar-refractivity contribution in [3.05, 3.63) is 0 Å². The zero-order valence-corrected chi connectivity index (χ0v) is 6.59. The van der Waals surface area contributed by atoms with Crippen molar-refractivity contribution < 1.29 is 9.53 Å². The fourth-order valence-corrected chi connectivity index (χ4v) is 1.50. The second-order valence-corrected chi connectivity index (χ2v) is 3.06. The molecule has 0 bridgehead atoms. The van der Waals surface area contributed by atoms with Crippen LogP contribution in [0.25, 0.3) is 0 Å². The molecule has 1 rings (SSSR count). The maximum absolute atomic E-state index is 10.5. The van der Waals surface area contributed by atoms with Gasteiger partial charge in [-0.1, -0.05) is 6.92 Å². The van der Waals surface area contributed by atoms with Crippen molar-refractivity contribution in [3.8, 4) is 0 Å². The van der Waals surface area contributed by atoms with Crippen molar-refractivity contribution in [2.75, 3.05) is 0 Å². The van der Waals surface area contributed by atoms with E-state index in [1.165, 1.54) is 19.8 Å². The first kappa shape index (κ1) is 7.58. The lowest BCUT2D eigenvalue weighted by atomic mass is 10.1. The Balaban J connectivity index is 2.33. The van der Waals surface area contributed by atoms with E-state index in [2.05, 4.69) is 6.92 Å². The Kier molecular flexibility index (Phi) is 2.30. The predicted molar refractivity (Wildman–Crippen MR) is 38.6 cm³/mol. The summed E-state index contributed by atoms with van der Waals surface area (Å²) in [7, 11) is 0. The Morgan fingerprint density at radius 1 is 1.50 bits per heavy atom. The standard InChI is InChI=1S/C8H14O2/c1-6-4-3-5-8(6)10-7(2)9/h6,8H,3-5H2,1-2H3/t6-,8+/m1/s1. The molecule has 2 nitrogen and oxygen atoms in total. The summed E-state index contributed by atoms with van der Waals surface area (Å²) >= 11 is 0. The smallest absolute Gasteiger partial charge is 0.302 e. The summed E-state index contributed by atoms with van der Waals surface area (Å²) in [4.78, 5) is 10.5. The zero-order chi connectivity index (χ0) is 7.56. The number of esters is 1. The Morgan fingerprint density at radius 2 is 2.20 bits per heavy atom. The van der Waals surface area contributed by atoms with Gasteiger partial charge in [0.15, 0.2) is 0 Å². The van der Waals surface area contributed by atoms with E-state index < -0.39 is 0 Å². The lowest BCUT2D eigenvalue weighted by Gasteiger charge is -2.14. The molecular formula is C8H14O2. The summed E-state index contributed by atoms with van der Waals surface area (Å²) in [5.74, 6) is 0.433. The SMILES string of the molecule is CC(=O)O[C@H]1CCC[C@H]1C. The van der Waals surface area contributed by atoms with Gasteiger partial charge in [-0.2, -0.15) is 0 Å². The van der Waals surface area contributed by atoms with Gasteiger partial charge in [0, 0.05) is 6.92 Å². The Bertz CT molecular complexity index is 131. The van der Waals surface area contributed by atoms with Crippen LogP contribution >= 0.6 is 0 Å². The monoisotopic (exact) mass is 142 g/mol. The summed E-state index contributed by atoms with van der Waals surface area (Å²) in [6, 6.07) is 0. The molecular weight excluding hydrogens is 128 g/mol. The normalized spacial score (nSPS) is 32.2. The summed E-state index contributed by atoms with van der Waals surface area (Å²) in [5.41, 5.74) is 0. The number of carbonyl (C=O) groups excluding carboxylic acids is 1. The van der Waals surface area contributed by atoms with Gasteiger partial charge in [0.1, 0.15) is 6.10 Å². The minimum absolute atomic E-state index is 0.140. The summed E-state index contributed by atoms with van der Waals surface area (Å²) < 4.78 is 5.08. The number of hydrogen-bond donors (Lipinski definition) is 0. The van der Waals surface area contributed by atoms with Gasteiger partial charge >= 0.3 is 5.97 Å². The van der Waals surface area contributed by atoms with E-state index in [1.54, 1.807) is 0 Å². The van der Waals surface area contributed by atoms with Gasteiger partial charge in [0.25, 0.3) is 0 Å². The first-order chi connectivity index (χ1) is 4.70. The van der Waals surface area contributed by atoms with Crippen molar-refractivity contribution in [2.24, 2.45) is 5.92 Å². The van der Waals surface area contributed by atoms with Gasteiger partial charge in [-0.25, -0.2) is 0 Å². The van der Waals surface area contributed by atoms with Gasteiger partial charge in [0.05, 0.1) is 0 Å². The minimum Gasteiger partial charge on any atom is -0.462 e. The van der Waals surface area contributed by atoms with Crippen molar-refractivity contribution >= 4 is 5.97 Å². The molecule has 1 aliphatic carbocycles. The maximum Gasteiger partial charge on any atom is 0.302 e. The van der Waals surface area contributed by atoms with Crippen molar-refractivity contribution in [2.45, 2.75) is 39.2 Å². The molecule has 2 atom stereocenters. The van der Waals surface area contributed by atoms with Crippen LogP contribution in [-0.2, 0) is 9.53 Å². The molecule has 0 radical (unpaired) electrons. The Hall–Kier alpha value is -0.530. The first-order valence-electron chi connectivity index (χ1n) is 3.87. The predicted octanol–water partition coefficient (Wildman–Crippen LogP) is 1.74. The highest BCUT2D eigenvalue weighted by atomic mass is 16.5. The van der Waals surface area contributed by atoms with Crippen LogP contribution in [0.15, 0.2) is 0 Å². The number of rotatable bonds is 1. The van der Waals surface area contributed by atoms with Crippen LogP contribution in [0.2, 0.25) is 0 Å². The van der Waals surface area contributed by atoms with Crippen LogP contribution in [0.1, 0.15) is 33.1 Å². The van der Waals surface area contributed by atoms with Gasteiger partial charge in [-0.05, 0) is 25.2 Å². The molecule has 0 aliphatic heterocycles. The largest absolute Gasteiger partial charge is 0.462 e. The molecule has 1 aliphatic rings. The van der Waals surface area contributed by atoms with E-state index in [0.717, 1.165) is 6.42 Å². The van der Waals surface area contributed by atoms with Crippen molar-refractivity contribution in [3.63, 3.8) is 0 Å². The van der Waals surface area contributed by atoms with Gasteiger partial charge < -0.3 is 4.74 Å². The van der Waals surface area contributed by atoms with Crippen LogP contribution in [0.3, 0.4) is 0 Å². The molecule has 0 saturated heterocycles. The van der Waals surface area contributed by atoms with Gasteiger partial charge in [0.2, 0.25) is 0 Å². The second kappa shape index (κ2) is 3.04.